The molecule has 7 heteroatoms. The zero-order valence-corrected chi connectivity index (χ0v) is 16.5. The van der Waals surface area contributed by atoms with E-state index in [0.29, 0.717) is 29.0 Å². The molecular weight excluding hydrogens is 376 g/mol. The second kappa shape index (κ2) is 7.75. The number of nitrogen functional groups attached to an aromatic ring is 1. The first-order valence-corrected chi connectivity index (χ1v) is 9.49. The Morgan fingerprint density at radius 3 is 2.47 bits per heavy atom. The fourth-order valence-corrected chi connectivity index (χ4v) is 3.57. The van der Waals surface area contributed by atoms with E-state index >= 15 is 0 Å². The van der Waals surface area contributed by atoms with Gasteiger partial charge in [-0.15, -0.1) is 0 Å². The van der Waals surface area contributed by atoms with Crippen molar-refractivity contribution in [2.24, 2.45) is 4.99 Å². The molecule has 0 saturated heterocycles. The minimum Gasteiger partial charge on any atom is -0.396 e. The first kappa shape index (κ1) is 19.3. The standard InChI is InChI=1S/C23H18N6O/c1-3-30-13(2)12-27-22-20(26)19-15-7-5-4-6-14(15)8-9-16(19)21-23(22)29-18(11-25)17(10-24)28-21/h4-9,12-13H,3,26H2,1-2H3/b27-12-. The summed E-state index contributed by atoms with van der Waals surface area (Å²) in [4.78, 5) is 13.4. The summed E-state index contributed by atoms with van der Waals surface area (Å²) in [7, 11) is 0. The van der Waals surface area contributed by atoms with Crippen molar-refractivity contribution in [3.8, 4) is 12.1 Å². The summed E-state index contributed by atoms with van der Waals surface area (Å²) < 4.78 is 5.53. The third kappa shape index (κ3) is 3.08. The lowest BCUT2D eigenvalue weighted by atomic mass is 9.98. The van der Waals surface area contributed by atoms with Crippen LogP contribution in [0.1, 0.15) is 25.2 Å². The van der Waals surface area contributed by atoms with Crippen molar-refractivity contribution < 1.29 is 4.74 Å². The van der Waals surface area contributed by atoms with Crippen LogP contribution in [0, 0.1) is 22.7 Å². The number of nitriles is 2. The fourth-order valence-electron chi connectivity index (χ4n) is 3.57. The van der Waals surface area contributed by atoms with Crippen LogP contribution in [0.3, 0.4) is 0 Å². The Kier molecular flexibility index (Phi) is 4.97. The largest absolute Gasteiger partial charge is 0.396 e. The lowest BCUT2D eigenvalue weighted by Gasteiger charge is -2.14. The van der Waals surface area contributed by atoms with E-state index in [1.165, 1.54) is 0 Å². The van der Waals surface area contributed by atoms with E-state index in [1.54, 1.807) is 6.21 Å². The minimum atomic E-state index is -0.227. The highest BCUT2D eigenvalue weighted by molar-refractivity contribution is 6.24. The zero-order valence-electron chi connectivity index (χ0n) is 16.5. The quantitative estimate of drug-likeness (QED) is 0.311. The Hall–Kier alpha value is -4.07. The fraction of sp³-hybridized carbons (Fsp3) is 0.174. The second-order valence-electron chi connectivity index (χ2n) is 6.75. The lowest BCUT2D eigenvalue weighted by Crippen LogP contribution is -2.09. The summed E-state index contributed by atoms with van der Waals surface area (Å²) in [5.41, 5.74) is 8.24. The number of ether oxygens (including phenoxy) is 1. The van der Waals surface area contributed by atoms with Gasteiger partial charge in [0, 0.05) is 23.6 Å². The Bertz CT molecular complexity index is 1410. The first-order valence-electron chi connectivity index (χ1n) is 9.49. The summed E-state index contributed by atoms with van der Waals surface area (Å²) in [5.74, 6) is 0. The maximum absolute atomic E-state index is 9.44. The molecule has 0 radical (unpaired) electrons. The summed E-state index contributed by atoms with van der Waals surface area (Å²) in [6.45, 7) is 4.34. The molecule has 0 aliphatic carbocycles. The minimum absolute atomic E-state index is 0.0261. The van der Waals surface area contributed by atoms with E-state index < -0.39 is 0 Å². The van der Waals surface area contributed by atoms with Gasteiger partial charge in [-0.3, -0.25) is 4.99 Å². The van der Waals surface area contributed by atoms with Crippen LogP contribution in [0.5, 0.6) is 0 Å². The van der Waals surface area contributed by atoms with E-state index in [0.717, 1.165) is 21.5 Å². The topological polar surface area (TPSA) is 121 Å². The highest BCUT2D eigenvalue weighted by Crippen LogP contribution is 2.42. The smallest absolute Gasteiger partial charge is 0.177 e. The van der Waals surface area contributed by atoms with E-state index in [4.69, 9.17) is 10.5 Å². The van der Waals surface area contributed by atoms with Gasteiger partial charge < -0.3 is 10.5 Å². The first-order chi connectivity index (χ1) is 14.6. The molecule has 1 unspecified atom stereocenters. The summed E-state index contributed by atoms with van der Waals surface area (Å²) in [6, 6.07) is 15.7. The number of nitrogens with zero attached hydrogens (tertiary/aromatic N) is 5. The molecule has 1 aromatic heterocycles. The number of hydrogen-bond donors (Lipinski definition) is 1. The Morgan fingerprint density at radius 2 is 1.77 bits per heavy atom. The number of nitrogens with two attached hydrogens (primary N) is 1. The van der Waals surface area contributed by atoms with Crippen LogP contribution in [0.4, 0.5) is 11.4 Å². The number of rotatable bonds is 4. The van der Waals surface area contributed by atoms with Crippen molar-refractivity contribution in [3.05, 3.63) is 47.8 Å². The van der Waals surface area contributed by atoms with Crippen molar-refractivity contribution in [1.29, 1.82) is 10.5 Å². The van der Waals surface area contributed by atoms with Crippen LogP contribution >= 0.6 is 0 Å². The van der Waals surface area contributed by atoms with Crippen molar-refractivity contribution in [2.45, 2.75) is 20.0 Å². The number of aliphatic imine (C=N–C) groups is 1. The van der Waals surface area contributed by atoms with Crippen molar-refractivity contribution in [1.82, 2.24) is 9.97 Å². The van der Waals surface area contributed by atoms with Crippen LogP contribution in [0.25, 0.3) is 32.6 Å². The number of benzene rings is 3. The summed E-state index contributed by atoms with van der Waals surface area (Å²) in [5, 5.41) is 22.4. The van der Waals surface area contributed by atoms with Gasteiger partial charge in [-0.25, -0.2) is 9.97 Å². The van der Waals surface area contributed by atoms with Crippen molar-refractivity contribution >= 4 is 50.2 Å². The SMILES string of the molecule is CCOC(C)/C=N\c1c(N)c2c3ccccc3ccc2c2nc(C#N)c(C#N)nc12. The molecule has 30 heavy (non-hydrogen) atoms. The Balaban J connectivity index is 2.18. The Labute approximate surface area is 173 Å². The summed E-state index contributed by atoms with van der Waals surface area (Å²) >= 11 is 0. The average Bonchev–Trinajstić information content (AvgIpc) is 2.77. The highest BCUT2D eigenvalue weighted by atomic mass is 16.5. The predicted molar refractivity (Wildman–Crippen MR) is 118 cm³/mol. The van der Waals surface area contributed by atoms with Gasteiger partial charge in [0.15, 0.2) is 11.4 Å². The van der Waals surface area contributed by atoms with Crippen LogP contribution in [-0.2, 0) is 4.74 Å². The van der Waals surface area contributed by atoms with Gasteiger partial charge in [-0.2, -0.15) is 10.5 Å². The molecule has 7 nitrogen and oxygen atoms in total. The summed E-state index contributed by atoms with van der Waals surface area (Å²) in [6.07, 6.45) is 1.42. The molecule has 0 saturated carbocycles. The van der Waals surface area contributed by atoms with Gasteiger partial charge in [0.2, 0.25) is 0 Å². The van der Waals surface area contributed by atoms with E-state index in [9.17, 15) is 10.5 Å². The molecular formula is C23H18N6O. The maximum Gasteiger partial charge on any atom is 0.177 e. The van der Waals surface area contributed by atoms with Crippen LogP contribution in [-0.4, -0.2) is 28.9 Å². The molecule has 0 aliphatic heterocycles. The van der Waals surface area contributed by atoms with E-state index in [2.05, 4.69) is 15.0 Å². The average molecular weight is 394 g/mol. The number of anilines is 1. The van der Waals surface area contributed by atoms with E-state index in [-0.39, 0.29) is 17.5 Å². The molecule has 0 fully saturated rings. The van der Waals surface area contributed by atoms with Gasteiger partial charge in [0.25, 0.3) is 0 Å². The molecule has 4 rings (SSSR count). The second-order valence-corrected chi connectivity index (χ2v) is 6.75. The molecule has 1 heterocycles. The zero-order chi connectivity index (χ0) is 21.3. The van der Waals surface area contributed by atoms with Crippen molar-refractivity contribution in [2.75, 3.05) is 12.3 Å². The highest BCUT2D eigenvalue weighted by Gasteiger charge is 2.19. The van der Waals surface area contributed by atoms with E-state index in [1.807, 2.05) is 62.4 Å². The molecule has 0 amide bonds. The monoisotopic (exact) mass is 394 g/mol. The third-order valence-corrected chi connectivity index (χ3v) is 4.88. The molecule has 3 aromatic carbocycles. The number of fused-ring (bicyclic) bond motifs is 5. The number of hydrogen-bond acceptors (Lipinski definition) is 7. The van der Waals surface area contributed by atoms with Crippen LogP contribution < -0.4 is 5.73 Å². The molecule has 1 atom stereocenters. The van der Waals surface area contributed by atoms with Gasteiger partial charge in [0.1, 0.15) is 28.9 Å². The predicted octanol–water partition coefficient (Wildman–Crippen LogP) is 4.39. The van der Waals surface area contributed by atoms with Gasteiger partial charge in [-0.1, -0.05) is 36.4 Å². The van der Waals surface area contributed by atoms with Crippen molar-refractivity contribution in [3.63, 3.8) is 0 Å². The third-order valence-electron chi connectivity index (χ3n) is 4.88. The van der Waals surface area contributed by atoms with Crippen LogP contribution in [0.2, 0.25) is 0 Å². The van der Waals surface area contributed by atoms with Crippen LogP contribution in [0.15, 0.2) is 41.4 Å². The number of aromatic nitrogens is 2. The normalized spacial score (nSPS) is 12.4. The molecule has 4 aromatic rings. The molecule has 0 spiro atoms. The molecule has 2 N–H and O–H groups in total. The molecule has 146 valence electrons. The van der Waals surface area contributed by atoms with Gasteiger partial charge >= 0.3 is 0 Å². The Morgan fingerprint density at radius 1 is 1.07 bits per heavy atom. The maximum atomic E-state index is 9.44. The molecule has 0 aliphatic rings. The van der Waals surface area contributed by atoms with Gasteiger partial charge in [0.05, 0.1) is 11.8 Å². The lowest BCUT2D eigenvalue weighted by molar-refractivity contribution is 0.125. The molecule has 0 bridgehead atoms. The van der Waals surface area contributed by atoms with Gasteiger partial charge in [-0.05, 0) is 24.6 Å².